The number of carbonyl (C=O) groups excluding carboxylic acids is 2. The van der Waals surface area contributed by atoms with E-state index in [1.165, 1.54) is 11.0 Å². The largest absolute Gasteiger partial charge is 0.399 e. The second-order valence-electron chi connectivity index (χ2n) is 3.69. The van der Waals surface area contributed by atoms with E-state index in [4.69, 9.17) is 5.73 Å². The molecule has 1 aromatic rings. The van der Waals surface area contributed by atoms with Gasteiger partial charge in [0, 0.05) is 17.8 Å². The van der Waals surface area contributed by atoms with Gasteiger partial charge in [-0.3, -0.25) is 14.5 Å². The van der Waals surface area contributed by atoms with Gasteiger partial charge >= 0.3 is 0 Å². The summed E-state index contributed by atoms with van der Waals surface area (Å²) in [6.45, 7) is 3.77. The van der Waals surface area contributed by atoms with Crippen molar-refractivity contribution in [1.82, 2.24) is 4.90 Å². The van der Waals surface area contributed by atoms with Gasteiger partial charge in [0.25, 0.3) is 5.91 Å². The van der Waals surface area contributed by atoms with Crippen LogP contribution in [-0.2, 0) is 11.2 Å². The molecule has 2 rings (SSSR count). The van der Waals surface area contributed by atoms with E-state index >= 15 is 0 Å². The molecule has 0 aromatic heterocycles. The van der Waals surface area contributed by atoms with Crippen LogP contribution >= 0.6 is 0 Å². The highest BCUT2D eigenvalue weighted by molar-refractivity contribution is 6.10. The van der Waals surface area contributed by atoms with Gasteiger partial charge in [0.2, 0.25) is 5.91 Å². The molecule has 0 unspecified atom stereocenters. The number of rotatable bonds is 2. The molecule has 0 saturated carbocycles. The molecule has 1 heterocycles. The zero-order valence-electron chi connectivity index (χ0n) is 8.77. The molecule has 0 radical (unpaired) electrons. The lowest BCUT2D eigenvalue weighted by Gasteiger charge is -2.25. The summed E-state index contributed by atoms with van der Waals surface area (Å²) < 4.78 is 0. The lowest BCUT2D eigenvalue weighted by atomic mass is 9.98. The van der Waals surface area contributed by atoms with Crippen molar-refractivity contribution in [3.05, 3.63) is 42.0 Å². The van der Waals surface area contributed by atoms with E-state index in [0.29, 0.717) is 11.3 Å². The first-order chi connectivity index (χ1) is 7.63. The number of amides is 2. The first kappa shape index (κ1) is 10.4. The van der Waals surface area contributed by atoms with E-state index in [1.807, 2.05) is 0 Å². The second-order valence-corrected chi connectivity index (χ2v) is 3.69. The maximum Gasteiger partial charge on any atom is 0.261 e. The molecule has 2 N–H and O–H groups in total. The fourth-order valence-electron chi connectivity index (χ4n) is 1.78. The summed E-state index contributed by atoms with van der Waals surface area (Å²) in [5, 5.41) is 0. The second kappa shape index (κ2) is 3.81. The Bertz CT molecular complexity index is 480. The Hall–Kier alpha value is -2.10. The molecule has 82 valence electrons. The molecule has 4 heteroatoms. The van der Waals surface area contributed by atoms with Crippen molar-refractivity contribution in [3.63, 3.8) is 0 Å². The van der Waals surface area contributed by atoms with Crippen molar-refractivity contribution in [2.75, 3.05) is 12.3 Å². The van der Waals surface area contributed by atoms with Gasteiger partial charge in [0.05, 0.1) is 6.42 Å². The van der Waals surface area contributed by atoms with E-state index in [0.717, 1.165) is 5.56 Å². The predicted molar refractivity (Wildman–Crippen MR) is 60.8 cm³/mol. The van der Waals surface area contributed by atoms with Crippen LogP contribution in [0.5, 0.6) is 0 Å². The number of imide groups is 1. The van der Waals surface area contributed by atoms with Gasteiger partial charge < -0.3 is 5.73 Å². The van der Waals surface area contributed by atoms with Crippen molar-refractivity contribution in [3.8, 4) is 0 Å². The summed E-state index contributed by atoms with van der Waals surface area (Å²) in [5.41, 5.74) is 7.41. The molecule has 0 fully saturated rings. The van der Waals surface area contributed by atoms with E-state index in [2.05, 4.69) is 6.58 Å². The molecular formula is C12H12N2O2. The number of nitrogens with two attached hydrogens (primary N) is 1. The Morgan fingerprint density at radius 3 is 2.88 bits per heavy atom. The summed E-state index contributed by atoms with van der Waals surface area (Å²) in [5.74, 6) is -0.486. The SMILES string of the molecule is C=CCN1C(=O)Cc2ccc(N)cc2C1=O. The van der Waals surface area contributed by atoms with Gasteiger partial charge in [0.15, 0.2) is 0 Å². The standard InChI is InChI=1S/C12H12N2O2/c1-2-5-14-11(15)6-8-3-4-9(13)7-10(8)12(14)16/h2-4,7H,1,5-6,13H2. The molecule has 0 spiro atoms. The predicted octanol–water partition coefficient (Wildman–Crippen LogP) is 0.980. The topological polar surface area (TPSA) is 63.4 Å². The Kier molecular flexibility index (Phi) is 2.48. The van der Waals surface area contributed by atoms with E-state index in [-0.39, 0.29) is 24.8 Å². The highest BCUT2D eigenvalue weighted by atomic mass is 16.2. The summed E-state index contributed by atoms with van der Waals surface area (Å²) in [6, 6.07) is 5.04. The molecule has 0 aliphatic carbocycles. The van der Waals surface area contributed by atoms with Crippen molar-refractivity contribution < 1.29 is 9.59 Å². The summed E-state index contributed by atoms with van der Waals surface area (Å²) in [4.78, 5) is 24.8. The van der Waals surface area contributed by atoms with Crippen molar-refractivity contribution in [1.29, 1.82) is 0 Å². The number of nitrogens with zero attached hydrogens (tertiary/aromatic N) is 1. The number of nitrogen functional groups attached to an aromatic ring is 1. The van der Waals surface area contributed by atoms with Gasteiger partial charge in [-0.2, -0.15) is 0 Å². The zero-order chi connectivity index (χ0) is 11.7. The zero-order valence-corrected chi connectivity index (χ0v) is 8.77. The molecule has 4 nitrogen and oxygen atoms in total. The Morgan fingerprint density at radius 2 is 2.19 bits per heavy atom. The molecule has 2 amide bonds. The highest BCUT2D eigenvalue weighted by Crippen LogP contribution is 2.21. The van der Waals surface area contributed by atoms with Crippen LogP contribution in [0.15, 0.2) is 30.9 Å². The lowest BCUT2D eigenvalue weighted by molar-refractivity contribution is -0.127. The monoisotopic (exact) mass is 216 g/mol. The van der Waals surface area contributed by atoms with Crippen LogP contribution in [0, 0.1) is 0 Å². The maximum absolute atomic E-state index is 12.0. The smallest absolute Gasteiger partial charge is 0.261 e. The van der Waals surface area contributed by atoms with E-state index < -0.39 is 0 Å². The number of carbonyl (C=O) groups is 2. The fourth-order valence-corrected chi connectivity index (χ4v) is 1.78. The van der Waals surface area contributed by atoms with Crippen LogP contribution in [0.3, 0.4) is 0 Å². The van der Waals surface area contributed by atoms with Crippen molar-refractivity contribution >= 4 is 17.5 Å². The summed E-state index contributed by atoms with van der Waals surface area (Å²) in [6.07, 6.45) is 1.78. The minimum Gasteiger partial charge on any atom is -0.399 e. The third-order valence-electron chi connectivity index (χ3n) is 2.56. The molecular weight excluding hydrogens is 204 g/mol. The maximum atomic E-state index is 12.0. The number of benzene rings is 1. The van der Waals surface area contributed by atoms with Crippen LogP contribution in [0.25, 0.3) is 0 Å². The number of fused-ring (bicyclic) bond motifs is 1. The molecule has 0 bridgehead atoms. The first-order valence-corrected chi connectivity index (χ1v) is 4.97. The van der Waals surface area contributed by atoms with E-state index in [9.17, 15) is 9.59 Å². The number of anilines is 1. The average molecular weight is 216 g/mol. The van der Waals surface area contributed by atoms with Crippen LogP contribution in [0.1, 0.15) is 15.9 Å². The van der Waals surface area contributed by atoms with Gasteiger partial charge in [-0.1, -0.05) is 12.1 Å². The molecule has 0 saturated heterocycles. The minimum absolute atomic E-state index is 0.192. The Morgan fingerprint density at radius 1 is 1.44 bits per heavy atom. The molecule has 1 aromatic carbocycles. The summed E-state index contributed by atoms with van der Waals surface area (Å²) in [7, 11) is 0. The molecule has 1 aliphatic heterocycles. The van der Waals surface area contributed by atoms with E-state index in [1.54, 1.807) is 18.2 Å². The quantitative estimate of drug-likeness (QED) is 0.455. The van der Waals surface area contributed by atoms with Gasteiger partial charge in [-0.05, 0) is 17.7 Å². The van der Waals surface area contributed by atoms with Gasteiger partial charge in [0.1, 0.15) is 0 Å². The third-order valence-corrected chi connectivity index (χ3v) is 2.56. The summed E-state index contributed by atoms with van der Waals surface area (Å²) >= 11 is 0. The number of hydrogen-bond donors (Lipinski definition) is 1. The molecule has 0 atom stereocenters. The molecule has 1 aliphatic rings. The fraction of sp³-hybridized carbons (Fsp3) is 0.167. The van der Waals surface area contributed by atoms with Crippen LogP contribution in [-0.4, -0.2) is 23.3 Å². The van der Waals surface area contributed by atoms with Crippen molar-refractivity contribution in [2.45, 2.75) is 6.42 Å². The molecule has 16 heavy (non-hydrogen) atoms. The highest BCUT2D eigenvalue weighted by Gasteiger charge is 2.29. The lowest BCUT2D eigenvalue weighted by Crippen LogP contribution is -2.42. The Balaban J connectivity index is 2.46. The normalized spacial score (nSPS) is 14.9. The first-order valence-electron chi connectivity index (χ1n) is 4.97. The third kappa shape index (κ3) is 1.58. The van der Waals surface area contributed by atoms with Crippen LogP contribution < -0.4 is 5.73 Å². The number of hydrogen-bond acceptors (Lipinski definition) is 3. The van der Waals surface area contributed by atoms with Crippen molar-refractivity contribution in [2.24, 2.45) is 0 Å². The van der Waals surface area contributed by atoms with Crippen LogP contribution in [0.2, 0.25) is 0 Å². The van der Waals surface area contributed by atoms with Gasteiger partial charge in [-0.25, -0.2) is 0 Å². The minimum atomic E-state index is -0.293. The van der Waals surface area contributed by atoms with Gasteiger partial charge in [-0.15, -0.1) is 6.58 Å². The van der Waals surface area contributed by atoms with Crippen LogP contribution in [0.4, 0.5) is 5.69 Å². The average Bonchev–Trinajstić information content (AvgIpc) is 2.26. The Labute approximate surface area is 93.3 Å².